The lowest BCUT2D eigenvalue weighted by atomic mass is 10.1. The van der Waals surface area contributed by atoms with Crippen molar-refractivity contribution in [3.05, 3.63) is 35.9 Å². The fraction of sp³-hybridized carbons (Fsp3) is 0.273. The second-order valence-electron chi connectivity index (χ2n) is 3.32. The average molecular weight is 276 g/mol. The molecule has 4 nitrogen and oxygen atoms in total. The molecule has 0 saturated heterocycles. The third-order valence-corrected chi connectivity index (χ3v) is 2.48. The highest BCUT2D eigenvalue weighted by Crippen LogP contribution is 2.13. The van der Waals surface area contributed by atoms with E-state index in [4.69, 9.17) is 33.7 Å². The molecule has 1 unspecified atom stereocenters. The standard InChI is InChI=1S/C11H11Cl2NO3/c12-10(13)9(15)8(17-11(14)16)6-7-4-2-1-3-5-7/h1-5,8,10H,6H2,(H2,14,16). The van der Waals surface area contributed by atoms with Gasteiger partial charge in [-0.2, -0.15) is 0 Å². The maximum atomic E-state index is 11.6. The van der Waals surface area contributed by atoms with Crippen molar-refractivity contribution in [2.24, 2.45) is 5.73 Å². The normalized spacial score (nSPS) is 12.2. The van der Waals surface area contributed by atoms with E-state index in [0.717, 1.165) is 5.56 Å². The van der Waals surface area contributed by atoms with Gasteiger partial charge in [0.2, 0.25) is 5.78 Å². The second-order valence-corrected chi connectivity index (χ2v) is 4.41. The Hall–Kier alpha value is -1.26. The van der Waals surface area contributed by atoms with Crippen LogP contribution in [0.5, 0.6) is 0 Å². The van der Waals surface area contributed by atoms with Crippen LogP contribution in [0.1, 0.15) is 5.56 Å². The quantitative estimate of drug-likeness (QED) is 0.837. The number of amides is 1. The molecule has 1 aromatic carbocycles. The summed E-state index contributed by atoms with van der Waals surface area (Å²) in [5, 5.41) is 0. The van der Waals surface area contributed by atoms with Gasteiger partial charge in [0.15, 0.2) is 10.9 Å². The zero-order valence-corrected chi connectivity index (χ0v) is 10.3. The number of halogens is 2. The van der Waals surface area contributed by atoms with Gasteiger partial charge in [0.25, 0.3) is 0 Å². The molecule has 0 spiro atoms. The van der Waals surface area contributed by atoms with Gasteiger partial charge in [-0.05, 0) is 5.56 Å². The minimum absolute atomic E-state index is 0.193. The summed E-state index contributed by atoms with van der Waals surface area (Å²) >= 11 is 10.9. The number of ketones is 1. The van der Waals surface area contributed by atoms with E-state index in [2.05, 4.69) is 0 Å². The van der Waals surface area contributed by atoms with Gasteiger partial charge in [-0.25, -0.2) is 4.79 Å². The van der Waals surface area contributed by atoms with Crippen LogP contribution < -0.4 is 5.73 Å². The largest absolute Gasteiger partial charge is 0.438 e. The molecule has 0 radical (unpaired) electrons. The highest BCUT2D eigenvalue weighted by molar-refractivity contribution is 6.54. The first-order valence-electron chi connectivity index (χ1n) is 4.82. The van der Waals surface area contributed by atoms with E-state index >= 15 is 0 Å². The van der Waals surface area contributed by atoms with Crippen molar-refractivity contribution in [2.45, 2.75) is 17.4 Å². The molecule has 0 aliphatic heterocycles. The van der Waals surface area contributed by atoms with Crippen LogP contribution in [0.15, 0.2) is 30.3 Å². The summed E-state index contributed by atoms with van der Waals surface area (Å²) < 4.78 is 4.70. The number of carbonyl (C=O) groups excluding carboxylic acids is 2. The maximum Gasteiger partial charge on any atom is 0.405 e. The number of Topliss-reactive ketones (excluding diaryl/α,β-unsaturated/α-hetero) is 1. The lowest BCUT2D eigenvalue weighted by Crippen LogP contribution is -2.35. The Kier molecular flexibility index (Phi) is 5.25. The molecule has 6 heteroatoms. The molecule has 0 aromatic heterocycles. The van der Waals surface area contributed by atoms with E-state index in [1.165, 1.54) is 0 Å². The number of benzene rings is 1. The lowest BCUT2D eigenvalue weighted by molar-refractivity contribution is -0.125. The lowest BCUT2D eigenvalue weighted by Gasteiger charge is -2.15. The number of hydrogen-bond acceptors (Lipinski definition) is 3. The molecule has 1 atom stereocenters. The van der Waals surface area contributed by atoms with Gasteiger partial charge in [-0.3, -0.25) is 4.79 Å². The van der Waals surface area contributed by atoms with Crippen LogP contribution in [0.3, 0.4) is 0 Å². The van der Waals surface area contributed by atoms with Crippen molar-refractivity contribution >= 4 is 35.1 Å². The average Bonchev–Trinajstić information content (AvgIpc) is 2.28. The Labute approximate surface area is 109 Å². The summed E-state index contributed by atoms with van der Waals surface area (Å²) in [6, 6.07) is 9.03. The van der Waals surface area contributed by atoms with Gasteiger partial charge >= 0.3 is 6.09 Å². The molecule has 1 amide bonds. The molecule has 0 bridgehead atoms. The number of hydrogen-bond donors (Lipinski definition) is 1. The first kappa shape index (κ1) is 13.8. The number of rotatable bonds is 5. The number of ether oxygens (including phenoxy) is 1. The molecule has 92 valence electrons. The smallest absolute Gasteiger partial charge is 0.405 e. The number of alkyl halides is 2. The fourth-order valence-electron chi connectivity index (χ4n) is 1.31. The van der Waals surface area contributed by atoms with Crippen molar-refractivity contribution < 1.29 is 14.3 Å². The molecular formula is C11H11Cl2NO3. The highest BCUT2D eigenvalue weighted by atomic mass is 35.5. The SMILES string of the molecule is NC(=O)OC(Cc1ccccc1)C(=O)C(Cl)Cl. The van der Waals surface area contributed by atoms with Crippen molar-refractivity contribution in [3.8, 4) is 0 Å². The third kappa shape index (κ3) is 4.63. The minimum Gasteiger partial charge on any atom is -0.438 e. The minimum atomic E-state index is -1.25. The van der Waals surface area contributed by atoms with Crippen molar-refractivity contribution in [3.63, 3.8) is 0 Å². The zero-order valence-electron chi connectivity index (χ0n) is 8.81. The molecule has 1 aromatic rings. The fourth-order valence-corrected chi connectivity index (χ4v) is 1.59. The van der Waals surface area contributed by atoms with Crippen LogP contribution in [0.2, 0.25) is 0 Å². The summed E-state index contributed by atoms with van der Waals surface area (Å²) in [5.41, 5.74) is 5.71. The van der Waals surface area contributed by atoms with Crippen LogP contribution >= 0.6 is 23.2 Å². The monoisotopic (exact) mass is 275 g/mol. The van der Waals surface area contributed by atoms with Gasteiger partial charge in [0.05, 0.1) is 0 Å². The summed E-state index contributed by atoms with van der Waals surface area (Å²) in [6.07, 6.45) is -1.90. The van der Waals surface area contributed by atoms with Gasteiger partial charge in [-0.15, -0.1) is 0 Å². The molecule has 0 aliphatic carbocycles. The molecular weight excluding hydrogens is 265 g/mol. The van der Waals surface area contributed by atoms with Crippen molar-refractivity contribution in [1.82, 2.24) is 0 Å². The van der Waals surface area contributed by atoms with Crippen LogP contribution in [0.25, 0.3) is 0 Å². The summed E-state index contributed by atoms with van der Waals surface area (Å²) in [7, 11) is 0. The Bertz CT molecular complexity index is 395. The van der Waals surface area contributed by atoms with Crippen LogP contribution in [0, 0.1) is 0 Å². The summed E-state index contributed by atoms with van der Waals surface area (Å²) in [6.45, 7) is 0. The van der Waals surface area contributed by atoms with Gasteiger partial charge in [0, 0.05) is 6.42 Å². The Balaban J connectivity index is 2.77. The third-order valence-electron chi connectivity index (χ3n) is 2.05. The Morgan fingerprint density at radius 2 is 1.82 bits per heavy atom. The zero-order chi connectivity index (χ0) is 12.8. The van der Waals surface area contributed by atoms with Crippen LogP contribution in [0.4, 0.5) is 4.79 Å². The Morgan fingerprint density at radius 3 is 2.29 bits per heavy atom. The summed E-state index contributed by atoms with van der Waals surface area (Å²) in [4.78, 5) is 21.0. The predicted molar refractivity (Wildman–Crippen MR) is 65.1 cm³/mol. The second kappa shape index (κ2) is 6.47. The van der Waals surface area contributed by atoms with Crippen LogP contribution in [-0.2, 0) is 16.0 Å². The summed E-state index contributed by atoms with van der Waals surface area (Å²) in [5.74, 6) is -0.587. The highest BCUT2D eigenvalue weighted by Gasteiger charge is 2.27. The van der Waals surface area contributed by atoms with E-state index in [0.29, 0.717) is 0 Å². The van der Waals surface area contributed by atoms with Crippen LogP contribution in [-0.4, -0.2) is 22.8 Å². The molecule has 2 N–H and O–H groups in total. The molecule has 0 aliphatic rings. The molecule has 1 rings (SSSR count). The maximum absolute atomic E-state index is 11.6. The Morgan fingerprint density at radius 1 is 1.24 bits per heavy atom. The molecule has 0 fully saturated rings. The van der Waals surface area contributed by atoms with E-state index in [1.54, 1.807) is 24.3 Å². The van der Waals surface area contributed by atoms with Gasteiger partial charge in [-0.1, -0.05) is 53.5 Å². The van der Waals surface area contributed by atoms with E-state index in [9.17, 15) is 9.59 Å². The van der Waals surface area contributed by atoms with E-state index in [1.807, 2.05) is 6.07 Å². The number of nitrogens with two attached hydrogens (primary N) is 1. The topological polar surface area (TPSA) is 69.4 Å². The number of carbonyl (C=O) groups is 2. The first-order valence-corrected chi connectivity index (χ1v) is 5.70. The predicted octanol–water partition coefficient (Wildman–Crippen LogP) is 2.07. The molecule has 0 heterocycles. The van der Waals surface area contributed by atoms with Gasteiger partial charge in [0.1, 0.15) is 0 Å². The van der Waals surface area contributed by atoms with E-state index in [-0.39, 0.29) is 6.42 Å². The molecule has 0 saturated carbocycles. The first-order chi connectivity index (χ1) is 8.00. The van der Waals surface area contributed by atoms with Crippen molar-refractivity contribution in [1.29, 1.82) is 0 Å². The van der Waals surface area contributed by atoms with Gasteiger partial charge < -0.3 is 10.5 Å². The number of primary amides is 1. The van der Waals surface area contributed by atoms with E-state index < -0.39 is 22.8 Å². The van der Waals surface area contributed by atoms with Crippen molar-refractivity contribution in [2.75, 3.05) is 0 Å². The molecule has 17 heavy (non-hydrogen) atoms.